The molecule has 0 saturated heterocycles. The third-order valence-electron chi connectivity index (χ3n) is 4.67. The number of aliphatic hydroxyl groups excluding tert-OH is 1. The van der Waals surface area contributed by atoms with Crippen LogP contribution >= 0.6 is 23.4 Å². The molecule has 3 aromatic rings. The molecular weight excluding hydrogens is 394 g/mol. The van der Waals surface area contributed by atoms with Crippen LogP contribution in [0.2, 0.25) is 5.02 Å². The van der Waals surface area contributed by atoms with Crippen molar-refractivity contribution in [1.29, 1.82) is 0 Å². The number of aliphatic imine (C=N–C) groups is 1. The van der Waals surface area contributed by atoms with E-state index in [1.165, 1.54) is 0 Å². The van der Waals surface area contributed by atoms with E-state index in [0.717, 1.165) is 16.1 Å². The lowest BCUT2D eigenvalue weighted by atomic mass is 9.98. The molecule has 1 aliphatic heterocycles. The summed E-state index contributed by atoms with van der Waals surface area (Å²) in [5.41, 5.74) is 3.35. The number of hydrogen-bond donors (Lipinski definition) is 3. The molecule has 142 valence electrons. The summed E-state index contributed by atoms with van der Waals surface area (Å²) in [6, 6.07) is 18.3. The first-order valence-electron chi connectivity index (χ1n) is 8.80. The van der Waals surface area contributed by atoms with Crippen LogP contribution < -0.4 is 0 Å². The Hall–Kier alpha value is -2.47. The highest BCUT2D eigenvalue weighted by molar-refractivity contribution is 7.99. The van der Waals surface area contributed by atoms with Crippen molar-refractivity contribution < 1.29 is 15.3 Å². The Labute approximate surface area is 172 Å². The molecule has 1 heterocycles. The molecule has 0 aliphatic carbocycles. The molecule has 0 radical (unpaired) electrons. The van der Waals surface area contributed by atoms with Crippen molar-refractivity contribution >= 4 is 34.8 Å². The quantitative estimate of drug-likeness (QED) is 0.524. The normalized spacial score (nSPS) is 16.2. The summed E-state index contributed by atoms with van der Waals surface area (Å²) in [6.45, 7) is -0.186. The van der Waals surface area contributed by atoms with E-state index >= 15 is 0 Å². The van der Waals surface area contributed by atoms with Gasteiger partial charge in [-0.3, -0.25) is 4.99 Å². The molecule has 1 atom stereocenters. The summed E-state index contributed by atoms with van der Waals surface area (Å²) in [5, 5.41) is 30.6. The standard InChI is InChI=1S/C22H18ClNO3S/c23-16-10-13(12-25)9-15(22(16)27)18-11-21(14-5-1-3-7-19(14)26)28-20-8-4-2-6-17(20)24-18/h1-10,21,25-27H,11-12H2. The summed E-state index contributed by atoms with van der Waals surface area (Å²) in [4.78, 5) is 5.80. The Morgan fingerprint density at radius 2 is 1.79 bits per heavy atom. The Morgan fingerprint density at radius 1 is 1.04 bits per heavy atom. The minimum Gasteiger partial charge on any atom is -0.508 e. The monoisotopic (exact) mass is 411 g/mol. The molecule has 0 spiro atoms. The molecule has 1 aliphatic rings. The number of phenolic OH excluding ortho intramolecular Hbond substituents is 2. The van der Waals surface area contributed by atoms with Gasteiger partial charge in [-0.25, -0.2) is 0 Å². The molecule has 0 bridgehead atoms. The van der Waals surface area contributed by atoms with Crippen molar-refractivity contribution in [2.24, 2.45) is 4.99 Å². The molecule has 1 unspecified atom stereocenters. The van der Waals surface area contributed by atoms with Gasteiger partial charge in [-0.2, -0.15) is 0 Å². The predicted octanol–water partition coefficient (Wildman–Crippen LogP) is 5.60. The second kappa shape index (κ2) is 7.87. The molecule has 3 N–H and O–H groups in total. The molecular formula is C22H18ClNO3S. The molecule has 6 heteroatoms. The van der Waals surface area contributed by atoms with Crippen LogP contribution in [0.5, 0.6) is 11.5 Å². The Balaban J connectivity index is 1.88. The molecule has 0 aromatic heterocycles. The number of hydrogen-bond acceptors (Lipinski definition) is 5. The van der Waals surface area contributed by atoms with Crippen molar-refractivity contribution in [3.05, 3.63) is 82.4 Å². The summed E-state index contributed by atoms with van der Waals surface area (Å²) in [5.74, 6) is 0.170. The average Bonchev–Trinajstić information content (AvgIpc) is 2.89. The first kappa shape index (κ1) is 18.9. The van der Waals surface area contributed by atoms with Gasteiger partial charge < -0.3 is 15.3 Å². The van der Waals surface area contributed by atoms with Gasteiger partial charge in [0.25, 0.3) is 0 Å². The number of aliphatic hydroxyl groups is 1. The average molecular weight is 412 g/mol. The maximum absolute atomic E-state index is 10.6. The minimum atomic E-state index is -0.186. The maximum Gasteiger partial charge on any atom is 0.143 e. The van der Waals surface area contributed by atoms with E-state index in [9.17, 15) is 15.3 Å². The first-order valence-corrected chi connectivity index (χ1v) is 10.1. The minimum absolute atomic E-state index is 0.0574. The number of phenols is 2. The Kier molecular flexibility index (Phi) is 5.31. The number of para-hydroxylation sites is 2. The lowest BCUT2D eigenvalue weighted by Crippen LogP contribution is -2.07. The molecule has 0 saturated carbocycles. The van der Waals surface area contributed by atoms with Gasteiger partial charge >= 0.3 is 0 Å². The number of rotatable bonds is 3. The van der Waals surface area contributed by atoms with Gasteiger partial charge in [-0.1, -0.05) is 41.9 Å². The highest BCUT2D eigenvalue weighted by atomic mass is 35.5. The zero-order valence-electron chi connectivity index (χ0n) is 14.8. The predicted molar refractivity (Wildman–Crippen MR) is 113 cm³/mol. The zero-order valence-corrected chi connectivity index (χ0v) is 16.4. The van der Waals surface area contributed by atoms with Gasteiger partial charge in [0, 0.05) is 27.7 Å². The van der Waals surface area contributed by atoms with E-state index < -0.39 is 0 Å². The smallest absolute Gasteiger partial charge is 0.143 e. The van der Waals surface area contributed by atoms with Gasteiger partial charge in [-0.15, -0.1) is 11.8 Å². The summed E-state index contributed by atoms with van der Waals surface area (Å²) >= 11 is 7.80. The van der Waals surface area contributed by atoms with Crippen molar-refractivity contribution in [3.63, 3.8) is 0 Å². The summed E-state index contributed by atoms with van der Waals surface area (Å²) < 4.78 is 0. The van der Waals surface area contributed by atoms with E-state index in [2.05, 4.69) is 0 Å². The highest BCUT2D eigenvalue weighted by Crippen LogP contribution is 2.48. The van der Waals surface area contributed by atoms with Gasteiger partial charge in [0.2, 0.25) is 0 Å². The lowest BCUT2D eigenvalue weighted by Gasteiger charge is -2.18. The number of benzene rings is 3. The number of thioether (sulfide) groups is 1. The second-order valence-corrected chi connectivity index (χ2v) is 8.18. The Morgan fingerprint density at radius 3 is 2.57 bits per heavy atom. The van der Waals surface area contributed by atoms with E-state index in [1.807, 2.05) is 36.4 Å². The maximum atomic E-state index is 10.6. The largest absolute Gasteiger partial charge is 0.508 e. The third kappa shape index (κ3) is 3.61. The Bertz CT molecular complexity index is 1070. The van der Waals surface area contributed by atoms with Crippen LogP contribution in [-0.2, 0) is 6.61 Å². The lowest BCUT2D eigenvalue weighted by molar-refractivity contribution is 0.281. The third-order valence-corrected chi connectivity index (χ3v) is 6.26. The summed E-state index contributed by atoms with van der Waals surface area (Å²) in [6.07, 6.45) is 0.482. The van der Waals surface area contributed by atoms with Crippen molar-refractivity contribution in [3.8, 4) is 11.5 Å². The fraction of sp³-hybridized carbons (Fsp3) is 0.136. The fourth-order valence-electron chi connectivity index (χ4n) is 3.28. The van der Waals surface area contributed by atoms with E-state index in [4.69, 9.17) is 16.6 Å². The second-order valence-electron chi connectivity index (χ2n) is 6.53. The van der Waals surface area contributed by atoms with Crippen LogP contribution in [0.1, 0.15) is 28.4 Å². The molecule has 0 fully saturated rings. The van der Waals surface area contributed by atoms with Gasteiger partial charge in [0.1, 0.15) is 11.5 Å². The van der Waals surface area contributed by atoms with E-state index in [-0.39, 0.29) is 28.4 Å². The van der Waals surface area contributed by atoms with Crippen LogP contribution in [0, 0.1) is 0 Å². The molecule has 4 rings (SSSR count). The summed E-state index contributed by atoms with van der Waals surface area (Å²) in [7, 11) is 0. The van der Waals surface area contributed by atoms with Crippen molar-refractivity contribution in [2.45, 2.75) is 23.2 Å². The fourth-order valence-corrected chi connectivity index (χ4v) is 4.79. The van der Waals surface area contributed by atoms with Crippen LogP contribution in [0.15, 0.2) is 70.6 Å². The van der Waals surface area contributed by atoms with Crippen LogP contribution in [-0.4, -0.2) is 21.0 Å². The number of nitrogens with zero attached hydrogens (tertiary/aromatic N) is 1. The van der Waals surface area contributed by atoms with E-state index in [0.29, 0.717) is 23.3 Å². The van der Waals surface area contributed by atoms with Crippen LogP contribution in [0.3, 0.4) is 0 Å². The van der Waals surface area contributed by atoms with Crippen molar-refractivity contribution in [1.82, 2.24) is 0 Å². The van der Waals surface area contributed by atoms with E-state index in [1.54, 1.807) is 36.0 Å². The van der Waals surface area contributed by atoms with Gasteiger partial charge in [0.15, 0.2) is 0 Å². The van der Waals surface area contributed by atoms with Gasteiger partial charge in [0.05, 0.1) is 23.0 Å². The highest BCUT2D eigenvalue weighted by Gasteiger charge is 2.26. The first-order chi connectivity index (χ1) is 13.6. The van der Waals surface area contributed by atoms with Crippen molar-refractivity contribution in [2.75, 3.05) is 0 Å². The zero-order chi connectivity index (χ0) is 19.7. The number of fused-ring (bicyclic) bond motifs is 1. The number of halogens is 1. The molecule has 3 aromatic carbocycles. The van der Waals surface area contributed by atoms with Crippen LogP contribution in [0.4, 0.5) is 5.69 Å². The molecule has 0 amide bonds. The number of aromatic hydroxyl groups is 2. The molecule has 4 nitrogen and oxygen atoms in total. The van der Waals surface area contributed by atoms with Crippen LogP contribution in [0.25, 0.3) is 0 Å². The van der Waals surface area contributed by atoms with Gasteiger partial charge in [-0.05, 0) is 35.9 Å². The SMILES string of the molecule is OCc1cc(Cl)c(O)c(C2=Nc3ccccc3SC(c3ccccc3O)C2)c1. The molecule has 28 heavy (non-hydrogen) atoms. The topological polar surface area (TPSA) is 73.0 Å².